The number of carbonyl (C=O) groups is 5. The third kappa shape index (κ3) is 16.7. The Morgan fingerprint density at radius 1 is 1.12 bits per heavy atom. The Morgan fingerprint density at radius 2 is 1.76 bits per heavy atom. The van der Waals surface area contributed by atoms with Crippen molar-refractivity contribution in [3.05, 3.63) is 0 Å². The second-order valence-corrected chi connectivity index (χ2v) is 8.14. The van der Waals surface area contributed by atoms with Crippen LogP contribution in [-0.2, 0) is 28.7 Å². The lowest BCUT2D eigenvalue weighted by Crippen LogP contribution is -3.00. The molecule has 3 atom stereocenters. The molecule has 0 rings (SSSR count). The molecule has 3 unspecified atom stereocenters. The molecule has 0 bridgehead atoms. The molecule has 34 heavy (non-hydrogen) atoms. The van der Waals surface area contributed by atoms with Gasteiger partial charge in [0.15, 0.2) is 0 Å². The van der Waals surface area contributed by atoms with E-state index in [1.807, 2.05) is 13.8 Å². The topological polar surface area (TPSA) is 205 Å². The number of rotatable bonds is 17. The lowest BCUT2D eigenvalue weighted by atomic mass is 10.0. The molecule has 0 aromatic heterocycles. The molecule has 0 aromatic rings. The van der Waals surface area contributed by atoms with Crippen LogP contribution >= 0.6 is 0 Å². The predicted molar refractivity (Wildman–Crippen MR) is 119 cm³/mol. The van der Waals surface area contributed by atoms with Crippen LogP contribution in [0.4, 0.5) is 0 Å². The highest BCUT2D eigenvalue weighted by molar-refractivity contribution is 5.90. The van der Waals surface area contributed by atoms with Crippen LogP contribution in [0.3, 0.4) is 0 Å². The summed E-state index contributed by atoms with van der Waals surface area (Å²) in [5.41, 5.74) is 10.6. The molecule has 0 fully saturated rings. The van der Waals surface area contributed by atoms with Crippen LogP contribution in [0.5, 0.6) is 0 Å². The van der Waals surface area contributed by atoms with Gasteiger partial charge in [-0.2, -0.15) is 0 Å². The molecule has 8 N–H and O–H groups in total. The number of hydrogen-bond donors (Lipinski definition) is 6. The van der Waals surface area contributed by atoms with Crippen LogP contribution in [0.15, 0.2) is 0 Å². The number of esters is 1. The molecule has 0 saturated carbocycles. The molecule has 0 aliphatic rings. The minimum Gasteiger partial charge on any atom is -1.00 e. The van der Waals surface area contributed by atoms with Crippen LogP contribution in [0, 0.1) is 5.92 Å². The Kier molecular flexibility index (Phi) is 18.1. The summed E-state index contributed by atoms with van der Waals surface area (Å²) in [6.45, 7) is 5.90. The fraction of sp³-hybridized carbons (Fsp3) is 0.714. The van der Waals surface area contributed by atoms with Gasteiger partial charge in [-0.15, -0.1) is 0 Å². The van der Waals surface area contributed by atoms with Gasteiger partial charge in [-0.05, 0) is 31.6 Å². The van der Waals surface area contributed by atoms with E-state index in [4.69, 9.17) is 21.3 Å². The molecule has 0 aliphatic heterocycles. The largest absolute Gasteiger partial charge is 1.00 e. The Balaban J connectivity index is 0. The molecule has 2 amide bonds. The minimum atomic E-state index is -1.08. The fourth-order valence-corrected chi connectivity index (χ4v) is 2.91. The summed E-state index contributed by atoms with van der Waals surface area (Å²) in [6.07, 6.45) is 0.664. The van der Waals surface area contributed by atoms with E-state index < -0.39 is 41.9 Å². The molecule has 0 aromatic carbocycles. The molecule has 0 aliphatic carbocycles. The van der Waals surface area contributed by atoms with Crippen molar-refractivity contribution in [2.45, 2.75) is 83.9 Å². The van der Waals surface area contributed by atoms with E-state index in [1.54, 1.807) is 6.92 Å². The first kappa shape index (κ1) is 33.3. The second kappa shape index (κ2) is 18.5. The van der Waals surface area contributed by atoms with Gasteiger partial charge in [0, 0.05) is 6.42 Å². The van der Waals surface area contributed by atoms with E-state index >= 15 is 0 Å². The average Bonchev–Trinajstić information content (AvgIpc) is 2.72. The maximum Gasteiger partial charge on any atom is 0.338 e. The van der Waals surface area contributed by atoms with Crippen molar-refractivity contribution in [3.8, 4) is 0 Å². The quantitative estimate of drug-likeness (QED) is 0.0365. The van der Waals surface area contributed by atoms with E-state index in [2.05, 4.69) is 15.6 Å². The number of halogens is 1. The van der Waals surface area contributed by atoms with Gasteiger partial charge in [0.1, 0.15) is 18.4 Å². The second-order valence-electron chi connectivity index (χ2n) is 8.14. The van der Waals surface area contributed by atoms with Crippen molar-refractivity contribution in [3.63, 3.8) is 0 Å². The molecule has 0 radical (unpaired) electrons. The summed E-state index contributed by atoms with van der Waals surface area (Å²) in [7, 11) is 0. The number of carboxylic acid groups (broad SMARTS) is 1. The zero-order valence-electron chi connectivity index (χ0n) is 20.0. The van der Waals surface area contributed by atoms with Crippen molar-refractivity contribution in [1.82, 2.24) is 10.6 Å². The van der Waals surface area contributed by atoms with Gasteiger partial charge in [0.25, 0.3) is 0 Å². The van der Waals surface area contributed by atoms with E-state index in [9.17, 15) is 24.0 Å². The molecular formula is C21H38ClN5O7. The van der Waals surface area contributed by atoms with E-state index in [0.29, 0.717) is 38.5 Å². The van der Waals surface area contributed by atoms with Crippen LogP contribution in [0.1, 0.15) is 65.7 Å². The number of nitrogens with one attached hydrogen (secondary N) is 3. The maximum absolute atomic E-state index is 12.7. The van der Waals surface area contributed by atoms with E-state index in [0.717, 1.165) is 0 Å². The maximum atomic E-state index is 12.7. The number of nitrogens with two attached hydrogens (primary N) is 2. The number of aldehydes is 1. The first-order chi connectivity index (χ1) is 15.5. The number of aliphatic carboxylic acids is 1. The summed E-state index contributed by atoms with van der Waals surface area (Å²) in [5.74, 6) is -2.65. The van der Waals surface area contributed by atoms with Gasteiger partial charge in [0.05, 0.1) is 25.4 Å². The first-order valence-electron chi connectivity index (χ1n) is 11.1. The summed E-state index contributed by atoms with van der Waals surface area (Å²) in [5, 5.41) is 14.0. The Hall–Kier alpha value is -2.89. The lowest BCUT2D eigenvalue weighted by Gasteiger charge is -2.22. The molecule has 0 heterocycles. The van der Waals surface area contributed by atoms with E-state index in [-0.39, 0.29) is 43.5 Å². The normalized spacial score (nSPS) is 12.9. The smallest absolute Gasteiger partial charge is 0.338 e. The zero-order chi connectivity index (χ0) is 25.4. The third-order valence-corrected chi connectivity index (χ3v) is 4.58. The van der Waals surface area contributed by atoms with Crippen LogP contribution in [-0.4, -0.2) is 65.8 Å². The third-order valence-electron chi connectivity index (χ3n) is 4.58. The summed E-state index contributed by atoms with van der Waals surface area (Å²) in [6, 6.07) is -1.61. The number of guanidine groups is 1. The molecular weight excluding hydrogens is 470 g/mol. The van der Waals surface area contributed by atoms with Crippen LogP contribution < -0.4 is 39.5 Å². The molecule has 0 spiro atoms. The monoisotopic (exact) mass is 507 g/mol. The number of ether oxygens (including phenoxy) is 1. The average molecular weight is 508 g/mol. The number of amides is 2. The minimum absolute atomic E-state index is 0. The van der Waals surface area contributed by atoms with Crippen molar-refractivity contribution in [2.75, 3.05) is 6.54 Å². The SMILES string of the molecule is CCC(CC(=O)O)OC(=O)CCC(=O)NC(CC(C)C)C(=O)NC(C=O)CCC[NH+]=C(N)N.[Cl-]. The van der Waals surface area contributed by atoms with Gasteiger partial charge < -0.3 is 37.7 Å². The highest BCUT2D eigenvalue weighted by Gasteiger charge is 2.25. The highest BCUT2D eigenvalue weighted by Crippen LogP contribution is 2.09. The van der Waals surface area contributed by atoms with Gasteiger partial charge >= 0.3 is 17.9 Å². The number of carbonyl (C=O) groups excluding carboxylic acids is 4. The number of carboxylic acids is 1. The van der Waals surface area contributed by atoms with Gasteiger partial charge in [0.2, 0.25) is 11.8 Å². The lowest BCUT2D eigenvalue weighted by molar-refractivity contribution is -0.459. The van der Waals surface area contributed by atoms with Gasteiger partial charge in [-0.1, -0.05) is 20.8 Å². The van der Waals surface area contributed by atoms with Crippen LogP contribution in [0.25, 0.3) is 0 Å². The summed E-state index contributed by atoms with van der Waals surface area (Å²) < 4.78 is 5.07. The van der Waals surface area contributed by atoms with Crippen molar-refractivity contribution < 1.29 is 51.2 Å². The molecule has 13 heteroatoms. The Morgan fingerprint density at radius 3 is 2.26 bits per heavy atom. The fourth-order valence-electron chi connectivity index (χ4n) is 2.91. The number of hydrogen-bond acceptors (Lipinski definition) is 6. The highest BCUT2D eigenvalue weighted by atomic mass is 35.5. The van der Waals surface area contributed by atoms with Gasteiger partial charge in [-0.3, -0.25) is 35.6 Å². The van der Waals surface area contributed by atoms with Crippen molar-refractivity contribution in [1.29, 1.82) is 0 Å². The van der Waals surface area contributed by atoms with E-state index in [1.165, 1.54) is 0 Å². The Bertz CT molecular complexity index is 699. The summed E-state index contributed by atoms with van der Waals surface area (Å²) in [4.78, 5) is 61.7. The molecule has 0 saturated heterocycles. The van der Waals surface area contributed by atoms with Crippen LogP contribution in [0.2, 0.25) is 0 Å². The van der Waals surface area contributed by atoms with Gasteiger partial charge in [-0.25, -0.2) is 0 Å². The molecule has 12 nitrogen and oxygen atoms in total. The predicted octanol–water partition coefficient (Wildman–Crippen LogP) is -5.08. The molecule has 196 valence electrons. The summed E-state index contributed by atoms with van der Waals surface area (Å²) >= 11 is 0. The van der Waals surface area contributed by atoms with Crippen molar-refractivity contribution >= 4 is 36.0 Å². The first-order valence-corrected chi connectivity index (χ1v) is 11.1. The standard InChI is InChI=1S/C21H37N5O7.ClH/c1-4-15(11-18(29)30)33-19(31)8-7-17(28)26-16(10-13(2)3)20(32)25-14(12-27)6-5-9-24-21(22)23;/h12-16H,4-11H2,1-3H3,(H,25,32)(H,26,28)(H,29,30)(H4,22,23,24);1H. The van der Waals surface area contributed by atoms with Crippen molar-refractivity contribution in [2.24, 2.45) is 17.4 Å². The Labute approximate surface area is 206 Å². The zero-order valence-corrected chi connectivity index (χ0v) is 20.7.